The highest BCUT2D eigenvalue weighted by Crippen LogP contribution is 2.27. The number of Topliss-reactive ketones (excluding diaryl/α,β-unsaturated/α-hetero) is 2. The van der Waals surface area contributed by atoms with Crippen molar-refractivity contribution in [2.45, 2.75) is 0 Å². The number of benzene rings is 1. The lowest BCUT2D eigenvalue weighted by molar-refractivity contribution is -0.135. The summed E-state index contributed by atoms with van der Waals surface area (Å²) >= 11 is 0. The first-order valence-electron chi connectivity index (χ1n) is 6.50. The predicted octanol–water partition coefficient (Wildman–Crippen LogP) is -0.860. The number of para-hydroxylation sites is 1. The number of carbonyl (C=O) groups is 6. The van der Waals surface area contributed by atoms with E-state index in [1.54, 1.807) is 5.32 Å². The van der Waals surface area contributed by atoms with Crippen LogP contribution < -0.4 is 10.2 Å². The van der Waals surface area contributed by atoms with Gasteiger partial charge in [-0.15, -0.1) is 0 Å². The monoisotopic (exact) mass is 312 g/mol. The first-order chi connectivity index (χ1) is 10.9. The molecule has 0 bridgehead atoms. The van der Waals surface area contributed by atoms with Crippen molar-refractivity contribution in [1.29, 1.82) is 0 Å². The molecule has 0 radical (unpaired) electrons. The van der Waals surface area contributed by atoms with Crippen LogP contribution in [0.1, 0.15) is 10.4 Å². The molecule has 1 aromatic rings. The third-order valence-electron chi connectivity index (χ3n) is 3.47. The molecule has 8 nitrogen and oxygen atoms in total. The van der Waals surface area contributed by atoms with Crippen molar-refractivity contribution in [3.05, 3.63) is 42.0 Å². The number of nitrogens with zero attached hydrogens (tertiary/aromatic N) is 1. The van der Waals surface area contributed by atoms with Crippen molar-refractivity contribution < 1.29 is 28.8 Å². The smallest absolute Gasteiger partial charge is 0.293 e. The molecule has 23 heavy (non-hydrogen) atoms. The first-order valence-corrected chi connectivity index (χ1v) is 6.50. The highest BCUT2D eigenvalue weighted by atomic mass is 16.2. The van der Waals surface area contributed by atoms with Gasteiger partial charge in [0.25, 0.3) is 17.7 Å². The summed E-state index contributed by atoms with van der Waals surface area (Å²) in [4.78, 5) is 71.3. The second-order valence-electron chi connectivity index (χ2n) is 4.84. The quantitative estimate of drug-likeness (QED) is 0.336. The average Bonchev–Trinajstić information content (AvgIpc) is 2.98. The molecule has 1 atom stereocenters. The Balaban J connectivity index is 2.05. The molecule has 2 aliphatic rings. The summed E-state index contributed by atoms with van der Waals surface area (Å²) < 4.78 is 0. The van der Waals surface area contributed by atoms with E-state index in [9.17, 15) is 28.8 Å². The average molecular weight is 312 g/mol. The number of rotatable bonds is 3. The van der Waals surface area contributed by atoms with Crippen molar-refractivity contribution in [1.82, 2.24) is 5.32 Å². The molecule has 2 aliphatic heterocycles. The number of hydrogen-bond acceptors (Lipinski definition) is 6. The van der Waals surface area contributed by atoms with E-state index in [2.05, 4.69) is 0 Å². The Hall–Kier alpha value is -3.42. The van der Waals surface area contributed by atoms with Crippen LogP contribution >= 0.6 is 0 Å². The molecular formula is C15H8N2O6. The van der Waals surface area contributed by atoms with Gasteiger partial charge in [0.1, 0.15) is 0 Å². The molecule has 4 amide bonds. The van der Waals surface area contributed by atoms with Gasteiger partial charge in [-0.05, 0) is 12.1 Å². The number of anilines is 1. The zero-order chi connectivity index (χ0) is 16.7. The van der Waals surface area contributed by atoms with Crippen LogP contribution in [0, 0.1) is 5.92 Å². The zero-order valence-corrected chi connectivity index (χ0v) is 11.4. The maximum atomic E-state index is 12.5. The minimum Gasteiger partial charge on any atom is -0.293 e. The summed E-state index contributed by atoms with van der Waals surface area (Å²) in [5.41, 5.74) is -0.210. The van der Waals surface area contributed by atoms with Crippen LogP contribution in [0.25, 0.3) is 0 Å². The third-order valence-corrected chi connectivity index (χ3v) is 3.47. The van der Waals surface area contributed by atoms with Crippen LogP contribution in [-0.4, -0.2) is 35.2 Å². The third kappa shape index (κ3) is 2.16. The number of ketones is 2. The van der Waals surface area contributed by atoms with E-state index in [4.69, 9.17) is 0 Å². The Morgan fingerprint density at radius 1 is 0.957 bits per heavy atom. The summed E-state index contributed by atoms with van der Waals surface area (Å²) in [5, 5.41) is 1.77. The maximum Gasteiger partial charge on any atom is 0.295 e. The number of hydrogen-bond donors (Lipinski definition) is 1. The van der Waals surface area contributed by atoms with Gasteiger partial charge < -0.3 is 0 Å². The standard InChI is InChI=1S/C15H8N2O6/c18-9-5-6-10(19)17(9)8-4-2-1-3-7(8)12(20)11-13(21)15(23)16-14(11)22/h1-6,11H,(H,16,22,23). The molecule has 1 fully saturated rings. The normalized spacial score (nSPS) is 20.4. The topological polar surface area (TPSA) is 118 Å². The van der Waals surface area contributed by atoms with Gasteiger partial charge in [-0.3, -0.25) is 34.1 Å². The van der Waals surface area contributed by atoms with E-state index in [-0.39, 0.29) is 11.3 Å². The number of carbonyl (C=O) groups excluding carboxylic acids is 6. The predicted molar refractivity (Wildman–Crippen MR) is 74.1 cm³/mol. The summed E-state index contributed by atoms with van der Waals surface area (Å²) in [7, 11) is 0. The van der Waals surface area contributed by atoms with Gasteiger partial charge >= 0.3 is 0 Å². The fraction of sp³-hybridized carbons (Fsp3) is 0.0667. The summed E-state index contributed by atoms with van der Waals surface area (Å²) in [5.74, 6) is -7.36. The van der Waals surface area contributed by atoms with Gasteiger partial charge in [0.05, 0.1) is 5.69 Å². The van der Waals surface area contributed by atoms with E-state index in [1.165, 1.54) is 24.3 Å². The fourth-order valence-electron chi connectivity index (χ4n) is 2.40. The highest BCUT2D eigenvalue weighted by molar-refractivity contribution is 6.54. The molecule has 0 saturated carbocycles. The molecule has 114 valence electrons. The minimum atomic E-state index is -1.80. The number of nitrogens with one attached hydrogen (secondary N) is 1. The van der Waals surface area contributed by atoms with Gasteiger partial charge in [0.2, 0.25) is 11.7 Å². The SMILES string of the molecule is O=C1NC(=O)C(C(=O)c2ccccc2N2C(=O)C=CC2=O)C1=O. The molecular weight excluding hydrogens is 304 g/mol. The molecule has 3 rings (SSSR count). The van der Waals surface area contributed by atoms with Crippen molar-refractivity contribution in [3.63, 3.8) is 0 Å². The first kappa shape index (κ1) is 14.5. The van der Waals surface area contributed by atoms with Gasteiger partial charge in [0.15, 0.2) is 11.7 Å². The van der Waals surface area contributed by atoms with E-state index in [0.29, 0.717) is 0 Å². The molecule has 0 aromatic heterocycles. The van der Waals surface area contributed by atoms with Crippen LogP contribution in [0.2, 0.25) is 0 Å². The number of imide groups is 2. The molecule has 0 spiro atoms. The van der Waals surface area contributed by atoms with Crippen LogP contribution in [0.3, 0.4) is 0 Å². The fourth-order valence-corrected chi connectivity index (χ4v) is 2.40. The Kier molecular flexibility index (Phi) is 3.21. The van der Waals surface area contributed by atoms with Crippen molar-refractivity contribution in [2.24, 2.45) is 5.92 Å². The van der Waals surface area contributed by atoms with E-state index < -0.39 is 41.1 Å². The lowest BCUT2D eigenvalue weighted by atomic mass is 9.94. The Bertz CT molecular complexity index is 820. The van der Waals surface area contributed by atoms with Gasteiger partial charge in [-0.1, -0.05) is 12.1 Å². The summed E-state index contributed by atoms with van der Waals surface area (Å²) in [6.45, 7) is 0. The molecule has 2 heterocycles. The van der Waals surface area contributed by atoms with E-state index >= 15 is 0 Å². The van der Waals surface area contributed by atoms with Crippen molar-refractivity contribution in [2.75, 3.05) is 4.90 Å². The lowest BCUT2D eigenvalue weighted by Gasteiger charge is -2.18. The molecule has 0 aliphatic carbocycles. The Morgan fingerprint density at radius 2 is 1.57 bits per heavy atom. The number of amides is 4. The van der Waals surface area contributed by atoms with Crippen molar-refractivity contribution >= 4 is 40.9 Å². The molecule has 1 saturated heterocycles. The molecule has 1 N–H and O–H groups in total. The van der Waals surface area contributed by atoms with Crippen molar-refractivity contribution in [3.8, 4) is 0 Å². The van der Waals surface area contributed by atoms with E-state index in [1.807, 2.05) is 0 Å². The zero-order valence-electron chi connectivity index (χ0n) is 11.4. The summed E-state index contributed by atoms with van der Waals surface area (Å²) in [6.07, 6.45) is 2.08. The molecule has 8 heteroatoms. The second kappa shape index (κ2) is 5.09. The van der Waals surface area contributed by atoms with E-state index in [0.717, 1.165) is 17.1 Å². The van der Waals surface area contributed by atoms with Gasteiger partial charge in [-0.2, -0.15) is 0 Å². The van der Waals surface area contributed by atoms with Crippen LogP contribution in [0.4, 0.5) is 5.69 Å². The van der Waals surface area contributed by atoms with Crippen LogP contribution in [0.5, 0.6) is 0 Å². The van der Waals surface area contributed by atoms with Crippen LogP contribution in [0.15, 0.2) is 36.4 Å². The van der Waals surface area contributed by atoms with Crippen LogP contribution in [-0.2, 0) is 24.0 Å². The lowest BCUT2D eigenvalue weighted by Crippen LogP contribution is -2.33. The van der Waals surface area contributed by atoms with Gasteiger partial charge in [0, 0.05) is 17.7 Å². The Morgan fingerprint density at radius 3 is 2.13 bits per heavy atom. The largest absolute Gasteiger partial charge is 0.295 e. The van der Waals surface area contributed by atoms with Gasteiger partial charge in [-0.25, -0.2) is 4.90 Å². The highest BCUT2D eigenvalue weighted by Gasteiger charge is 2.46. The molecule has 1 aromatic carbocycles. The Labute approximate surface area is 128 Å². The second-order valence-corrected chi connectivity index (χ2v) is 4.84. The molecule has 1 unspecified atom stereocenters. The summed E-state index contributed by atoms with van der Waals surface area (Å²) in [6, 6.07) is 5.57. The maximum absolute atomic E-state index is 12.5. The minimum absolute atomic E-state index is 0.0440.